The molecule has 258 valence electrons. The maximum absolute atomic E-state index is 14.4. The Bertz CT molecular complexity index is 1790. The number of anilines is 1. The van der Waals surface area contributed by atoms with E-state index in [1.54, 1.807) is 30.3 Å². The quantitative estimate of drug-likeness (QED) is 0.155. The molecule has 0 saturated carbocycles. The summed E-state index contributed by atoms with van der Waals surface area (Å²) < 4.78 is 37.3. The van der Waals surface area contributed by atoms with Crippen LogP contribution < -0.4 is 14.4 Å². The lowest BCUT2D eigenvalue weighted by molar-refractivity contribution is -0.0311. The van der Waals surface area contributed by atoms with Gasteiger partial charge in [0.1, 0.15) is 28.7 Å². The molecule has 0 radical (unpaired) electrons. The van der Waals surface area contributed by atoms with Crippen molar-refractivity contribution in [1.82, 2.24) is 9.88 Å². The fourth-order valence-corrected chi connectivity index (χ4v) is 7.63. The lowest BCUT2D eigenvalue weighted by Crippen LogP contribution is -2.53. The molecule has 10 nitrogen and oxygen atoms in total. The second kappa shape index (κ2) is 15.2. The lowest BCUT2D eigenvalue weighted by atomic mass is 9.86. The van der Waals surface area contributed by atoms with E-state index in [9.17, 15) is 19.1 Å². The highest BCUT2D eigenvalue weighted by atomic mass is 35.5. The molecule has 0 spiro atoms. The minimum absolute atomic E-state index is 0.0396. The second-order valence-electron chi connectivity index (χ2n) is 11.9. The number of halogens is 3. The number of phenolic OH excluding ortho intramolecular Hbond substituents is 1. The molecule has 2 atom stereocenters. The Hall–Kier alpha value is -4.10. The Balaban J connectivity index is 1.24. The molecule has 7 rings (SSSR count). The molecule has 4 aromatic rings. The molecule has 2 aromatic heterocycles. The number of fused-ring (bicyclic) bond motifs is 3. The van der Waals surface area contributed by atoms with Gasteiger partial charge < -0.3 is 24.1 Å². The van der Waals surface area contributed by atoms with Crippen molar-refractivity contribution in [2.45, 2.75) is 38.0 Å². The van der Waals surface area contributed by atoms with Crippen LogP contribution in [0.3, 0.4) is 0 Å². The molecular formula is C35H34Cl2FN3O7S. The van der Waals surface area contributed by atoms with Crippen LogP contribution in [-0.4, -0.2) is 67.0 Å². The Morgan fingerprint density at radius 1 is 1.04 bits per heavy atom. The third-order valence-corrected chi connectivity index (χ3v) is 10.5. The SMILES string of the molecule is COc1ccc([C@H](Cc2c(Cl)cncc2Cl)OC(=O)c2ccc(CN(C(=O)O[C@H]3CN4CCC3CC4)c3cc(O)cc(F)c3)s2)cc1OC. The van der Waals surface area contributed by atoms with Gasteiger partial charge in [-0.3, -0.25) is 14.8 Å². The van der Waals surface area contributed by atoms with E-state index in [4.69, 9.17) is 42.1 Å². The molecule has 3 aliphatic rings. The Morgan fingerprint density at radius 3 is 2.43 bits per heavy atom. The zero-order valence-corrected chi connectivity index (χ0v) is 29.1. The van der Waals surface area contributed by atoms with Crippen LogP contribution in [0.5, 0.6) is 17.2 Å². The number of hydrogen-bond acceptors (Lipinski definition) is 10. The summed E-state index contributed by atoms with van der Waals surface area (Å²) in [6, 6.07) is 11.9. The monoisotopic (exact) mass is 729 g/mol. The van der Waals surface area contributed by atoms with E-state index in [0.29, 0.717) is 44.1 Å². The summed E-state index contributed by atoms with van der Waals surface area (Å²) in [5.41, 5.74) is 1.29. The Labute approximate surface area is 296 Å². The largest absolute Gasteiger partial charge is 0.508 e. The number of carbonyl (C=O) groups is 2. The molecule has 3 saturated heterocycles. The van der Waals surface area contributed by atoms with E-state index in [-0.39, 0.29) is 41.3 Å². The summed E-state index contributed by atoms with van der Waals surface area (Å²) in [7, 11) is 3.03. The number of benzene rings is 2. The average molecular weight is 731 g/mol. The van der Waals surface area contributed by atoms with Gasteiger partial charge in [0.2, 0.25) is 0 Å². The number of amides is 1. The van der Waals surface area contributed by atoms with E-state index >= 15 is 0 Å². The Morgan fingerprint density at radius 2 is 1.78 bits per heavy atom. The smallest absolute Gasteiger partial charge is 0.414 e. The number of methoxy groups -OCH3 is 2. The number of hydrogen-bond donors (Lipinski definition) is 1. The van der Waals surface area contributed by atoms with Crippen LogP contribution in [0.2, 0.25) is 10.0 Å². The van der Waals surface area contributed by atoms with Crippen molar-refractivity contribution < 1.29 is 38.0 Å². The van der Waals surface area contributed by atoms with Crippen LogP contribution >= 0.6 is 34.5 Å². The number of esters is 1. The maximum atomic E-state index is 14.4. The molecule has 0 unspecified atom stereocenters. The number of aromatic nitrogens is 1. The highest BCUT2D eigenvalue weighted by molar-refractivity contribution is 7.14. The first-order valence-electron chi connectivity index (χ1n) is 15.6. The van der Waals surface area contributed by atoms with Crippen LogP contribution in [0.4, 0.5) is 14.9 Å². The van der Waals surface area contributed by atoms with Crippen molar-refractivity contribution in [1.29, 1.82) is 0 Å². The predicted octanol–water partition coefficient (Wildman–Crippen LogP) is 7.69. The summed E-state index contributed by atoms with van der Waals surface area (Å²) in [5, 5.41) is 10.8. The molecule has 0 aliphatic carbocycles. The molecule has 3 aliphatic heterocycles. The van der Waals surface area contributed by atoms with E-state index in [0.717, 1.165) is 49.4 Å². The van der Waals surface area contributed by atoms with Gasteiger partial charge >= 0.3 is 12.1 Å². The first-order valence-corrected chi connectivity index (χ1v) is 17.2. The van der Waals surface area contributed by atoms with Crippen LogP contribution in [0, 0.1) is 11.7 Å². The van der Waals surface area contributed by atoms with Crippen LogP contribution in [-0.2, 0) is 22.4 Å². The number of carbonyl (C=O) groups excluding carboxylic acids is 2. The van der Waals surface area contributed by atoms with Crippen LogP contribution in [0.15, 0.2) is 60.9 Å². The van der Waals surface area contributed by atoms with Gasteiger partial charge in [-0.05, 0) is 73.3 Å². The first-order chi connectivity index (χ1) is 23.6. The minimum Gasteiger partial charge on any atom is -0.508 e. The number of nitrogens with zero attached hydrogens (tertiary/aromatic N) is 3. The Kier molecular flexibility index (Phi) is 10.8. The van der Waals surface area contributed by atoms with E-state index in [2.05, 4.69) is 9.88 Å². The molecule has 2 bridgehead atoms. The van der Waals surface area contributed by atoms with Crippen molar-refractivity contribution in [3.8, 4) is 17.2 Å². The topological polar surface area (TPSA) is 111 Å². The maximum Gasteiger partial charge on any atom is 0.414 e. The summed E-state index contributed by atoms with van der Waals surface area (Å²) in [5.74, 6) is -0.455. The van der Waals surface area contributed by atoms with Gasteiger partial charge in [-0.2, -0.15) is 0 Å². The molecule has 2 aromatic carbocycles. The molecule has 49 heavy (non-hydrogen) atoms. The van der Waals surface area contributed by atoms with Crippen molar-refractivity contribution >= 4 is 52.3 Å². The number of piperidine rings is 3. The normalized spacial score (nSPS) is 18.8. The molecular weight excluding hydrogens is 696 g/mol. The first kappa shape index (κ1) is 34.8. The minimum atomic E-state index is -0.835. The van der Waals surface area contributed by atoms with Gasteiger partial charge in [0.05, 0.1) is 36.5 Å². The summed E-state index contributed by atoms with van der Waals surface area (Å²) in [4.78, 5) is 35.7. The predicted molar refractivity (Wildman–Crippen MR) is 184 cm³/mol. The van der Waals surface area contributed by atoms with Gasteiger partial charge in [0.25, 0.3) is 0 Å². The van der Waals surface area contributed by atoms with Gasteiger partial charge in [0, 0.05) is 42.4 Å². The van der Waals surface area contributed by atoms with Crippen LogP contribution in [0.1, 0.15) is 44.6 Å². The zero-order chi connectivity index (χ0) is 34.7. The number of pyridine rings is 1. The number of rotatable bonds is 11. The molecule has 3 fully saturated rings. The van der Waals surface area contributed by atoms with E-state index in [1.807, 2.05) is 0 Å². The number of ether oxygens (including phenoxy) is 4. The zero-order valence-electron chi connectivity index (χ0n) is 26.7. The number of phenols is 1. The van der Waals surface area contributed by atoms with Gasteiger partial charge in [-0.1, -0.05) is 29.3 Å². The summed E-state index contributed by atoms with van der Waals surface area (Å²) in [6.07, 6.45) is 3.17. The van der Waals surface area contributed by atoms with Gasteiger partial charge in [-0.25, -0.2) is 14.0 Å². The highest BCUT2D eigenvalue weighted by Crippen LogP contribution is 2.37. The number of aromatic hydroxyl groups is 1. The van der Waals surface area contributed by atoms with Gasteiger partial charge in [-0.15, -0.1) is 11.3 Å². The summed E-state index contributed by atoms with van der Waals surface area (Å²) >= 11 is 14.0. The van der Waals surface area contributed by atoms with Crippen molar-refractivity contribution in [2.75, 3.05) is 38.8 Å². The second-order valence-corrected chi connectivity index (χ2v) is 13.9. The lowest BCUT2D eigenvalue weighted by Gasteiger charge is -2.44. The van der Waals surface area contributed by atoms with Gasteiger partial charge in [0.15, 0.2) is 11.5 Å². The highest BCUT2D eigenvalue weighted by Gasteiger charge is 2.37. The van der Waals surface area contributed by atoms with Crippen LogP contribution in [0.25, 0.3) is 0 Å². The summed E-state index contributed by atoms with van der Waals surface area (Å²) in [6.45, 7) is 2.56. The molecule has 14 heteroatoms. The number of thiophene rings is 1. The fourth-order valence-electron chi connectivity index (χ4n) is 6.23. The molecule has 5 heterocycles. The molecule has 1 N–H and O–H groups in total. The standard InChI is InChI=1S/C35H34Cl2FN3O7S/c1-45-29-5-3-21(11-31(29)46-2)30(15-26-27(36)16-39-17-28(26)37)47-34(43)33-6-4-25(49-33)18-41(23-12-22(38)13-24(42)14-23)35(44)48-32-19-40-9-7-20(32)8-10-40/h3-6,11-14,16-17,20,30,32,42H,7-10,15,18-19H2,1-2H3/t30-,32-/m0/s1. The fraction of sp³-hybridized carbons (Fsp3) is 0.343. The molecule has 1 amide bonds. The van der Waals surface area contributed by atoms with Crippen molar-refractivity contribution in [2.24, 2.45) is 5.92 Å². The van der Waals surface area contributed by atoms with Crippen molar-refractivity contribution in [3.63, 3.8) is 0 Å². The van der Waals surface area contributed by atoms with E-state index in [1.165, 1.54) is 37.6 Å². The van der Waals surface area contributed by atoms with E-state index < -0.39 is 24.0 Å². The third kappa shape index (κ3) is 8.04. The third-order valence-electron chi connectivity index (χ3n) is 8.80. The van der Waals surface area contributed by atoms with Crippen molar-refractivity contribution in [3.05, 3.63) is 97.7 Å². The average Bonchev–Trinajstić information content (AvgIpc) is 3.57.